The lowest BCUT2D eigenvalue weighted by molar-refractivity contribution is -0.388. The number of nitro benzene ring substituents is 1. The zero-order valence-electron chi connectivity index (χ0n) is 6.48. The largest absolute Gasteiger partial charge is 0.339 e. The van der Waals surface area contributed by atoms with E-state index in [2.05, 4.69) is 15.9 Å². The topological polar surface area (TPSA) is 77.3 Å². The Hall–Kier alpha value is -1.02. The molecule has 14 heavy (non-hydrogen) atoms. The van der Waals surface area contributed by atoms with Gasteiger partial charge in [0.05, 0.1) is 9.40 Å². The van der Waals surface area contributed by atoms with Gasteiger partial charge in [0.1, 0.15) is 0 Å². The Labute approximate surface area is 87.0 Å². The van der Waals surface area contributed by atoms with Crippen LogP contribution in [0.1, 0.15) is 0 Å². The second-order valence-corrected chi connectivity index (χ2v) is 4.45. The highest BCUT2D eigenvalue weighted by Gasteiger charge is 2.27. The molecule has 0 bridgehead atoms. The highest BCUT2D eigenvalue weighted by atomic mass is 79.9. The molecule has 0 aliphatic carbocycles. The first-order valence-electron chi connectivity index (χ1n) is 3.21. The fourth-order valence-corrected chi connectivity index (χ4v) is 2.17. The van der Waals surface area contributed by atoms with Crippen LogP contribution in [0.5, 0.6) is 0 Å². The van der Waals surface area contributed by atoms with E-state index in [1.807, 2.05) is 0 Å². The summed E-state index contributed by atoms with van der Waals surface area (Å²) in [5.41, 5.74) is -0.796. The van der Waals surface area contributed by atoms with Gasteiger partial charge in [0, 0.05) is 0 Å². The van der Waals surface area contributed by atoms with E-state index in [0.29, 0.717) is 0 Å². The number of hydrogen-bond donors (Lipinski definition) is 0. The average Bonchev–Trinajstić information content (AvgIpc) is 2.01. The van der Waals surface area contributed by atoms with Crippen LogP contribution in [0.15, 0.2) is 27.6 Å². The number of rotatable bonds is 2. The van der Waals surface area contributed by atoms with Gasteiger partial charge in [-0.15, -0.1) is 3.89 Å². The molecule has 1 aromatic rings. The summed E-state index contributed by atoms with van der Waals surface area (Å²) in [4.78, 5) is 8.52. The minimum atomic E-state index is -5.07. The van der Waals surface area contributed by atoms with Gasteiger partial charge in [-0.3, -0.25) is 10.1 Å². The molecule has 0 heterocycles. The van der Waals surface area contributed by atoms with Crippen LogP contribution in [-0.2, 0) is 10.2 Å². The molecule has 1 rings (SSSR count). The van der Waals surface area contributed by atoms with Gasteiger partial charge < -0.3 is 0 Å². The van der Waals surface area contributed by atoms with Crippen LogP contribution in [0, 0.1) is 10.1 Å². The van der Waals surface area contributed by atoms with Crippen LogP contribution in [0.2, 0.25) is 0 Å². The van der Waals surface area contributed by atoms with Gasteiger partial charge in [0.2, 0.25) is 0 Å². The smallest absolute Gasteiger partial charge is 0.258 e. The van der Waals surface area contributed by atoms with Crippen molar-refractivity contribution < 1.29 is 17.2 Å². The molecule has 8 heteroatoms. The number of nitro groups is 1. The maximum atomic E-state index is 12.6. The Morgan fingerprint density at radius 1 is 1.43 bits per heavy atom. The quantitative estimate of drug-likeness (QED) is 0.473. The Bertz CT molecular complexity index is 487. The van der Waals surface area contributed by atoms with Crippen LogP contribution in [0.3, 0.4) is 0 Å². The van der Waals surface area contributed by atoms with E-state index >= 15 is 0 Å². The zero-order chi connectivity index (χ0) is 10.9. The van der Waals surface area contributed by atoms with E-state index in [9.17, 15) is 22.4 Å². The molecule has 0 aromatic heterocycles. The molecule has 0 amide bonds. The molecule has 0 saturated heterocycles. The van der Waals surface area contributed by atoms with E-state index in [1.54, 1.807) is 0 Å². The predicted octanol–water partition coefficient (Wildman–Crippen LogP) is 2.02. The lowest BCUT2D eigenvalue weighted by Gasteiger charge is -1.99. The molecular formula is C6H3BrFNO4S. The lowest BCUT2D eigenvalue weighted by atomic mass is 10.3. The first-order valence-corrected chi connectivity index (χ1v) is 5.39. The highest BCUT2D eigenvalue weighted by molar-refractivity contribution is 9.10. The fraction of sp³-hybridized carbons (Fsp3) is 0. The molecule has 0 saturated carbocycles. The molecule has 0 radical (unpaired) electrons. The van der Waals surface area contributed by atoms with Crippen molar-refractivity contribution in [3.63, 3.8) is 0 Å². The number of nitrogens with zero attached hydrogens (tertiary/aromatic N) is 1. The molecule has 5 nitrogen and oxygen atoms in total. The molecule has 1 aromatic carbocycles. The highest BCUT2D eigenvalue weighted by Crippen LogP contribution is 2.32. The normalized spacial score (nSPS) is 11.3. The van der Waals surface area contributed by atoms with Crippen LogP contribution in [0.4, 0.5) is 9.57 Å². The maximum Gasteiger partial charge on any atom is 0.339 e. The van der Waals surface area contributed by atoms with Crippen molar-refractivity contribution in [1.82, 2.24) is 0 Å². The summed E-state index contributed by atoms with van der Waals surface area (Å²) < 4.78 is 33.5. The van der Waals surface area contributed by atoms with Crippen molar-refractivity contribution in [2.24, 2.45) is 0 Å². The molecular weight excluding hydrogens is 281 g/mol. The first kappa shape index (κ1) is 11.1. The minimum Gasteiger partial charge on any atom is -0.258 e. The van der Waals surface area contributed by atoms with Gasteiger partial charge in [-0.1, -0.05) is 6.07 Å². The minimum absolute atomic E-state index is 0.0822. The first-order chi connectivity index (χ1) is 6.34. The number of halogens is 2. The Balaban J connectivity index is 3.61. The molecule has 0 fully saturated rings. The number of benzene rings is 1. The standard InChI is InChI=1S/C6H3BrFNO4S/c7-4-2-1-3-5(14(8,12)13)6(4)9(10)11/h1-3H. The van der Waals surface area contributed by atoms with Crippen molar-refractivity contribution >= 4 is 31.8 Å². The maximum absolute atomic E-state index is 12.6. The summed E-state index contributed by atoms with van der Waals surface area (Å²) in [5.74, 6) is 0. The van der Waals surface area contributed by atoms with Gasteiger partial charge in [0.25, 0.3) is 0 Å². The Kier molecular flexibility index (Phi) is 2.86. The van der Waals surface area contributed by atoms with E-state index in [-0.39, 0.29) is 4.47 Å². The molecule has 0 unspecified atom stereocenters. The summed E-state index contributed by atoms with van der Waals surface area (Å²) >= 11 is 2.77. The van der Waals surface area contributed by atoms with Crippen molar-refractivity contribution in [1.29, 1.82) is 0 Å². The van der Waals surface area contributed by atoms with Gasteiger partial charge in [0.15, 0.2) is 4.90 Å². The van der Waals surface area contributed by atoms with Gasteiger partial charge in [-0.05, 0) is 28.1 Å². The van der Waals surface area contributed by atoms with Gasteiger partial charge >= 0.3 is 15.9 Å². The molecule has 0 aliphatic rings. The molecule has 0 spiro atoms. The monoisotopic (exact) mass is 283 g/mol. The third-order valence-electron chi connectivity index (χ3n) is 1.40. The molecule has 0 atom stereocenters. The van der Waals surface area contributed by atoms with Gasteiger partial charge in [-0.25, -0.2) is 0 Å². The van der Waals surface area contributed by atoms with E-state index in [4.69, 9.17) is 0 Å². The summed E-state index contributed by atoms with van der Waals surface area (Å²) in [6, 6.07) is 3.29. The second-order valence-electron chi connectivity index (χ2n) is 2.28. The van der Waals surface area contributed by atoms with Crippen molar-refractivity contribution in [2.75, 3.05) is 0 Å². The van der Waals surface area contributed by atoms with Crippen molar-refractivity contribution in [2.45, 2.75) is 4.90 Å². The van der Waals surface area contributed by atoms with Crippen LogP contribution in [-0.4, -0.2) is 13.3 Å². The third kappa shape index (κ3) is 2.07. The second kappa shape index (κ2) is 3.62. The van der Waals surface area contributed by atoms with Crippen molar-refractivity contribution in [3.05, 3.63) is 32.8 Å². The number of hydrogen-bond acceptors (Lipinski definition) is 4. The zero-order valence-corrected chi connectivity index (χ0v) is 8.88. The average molecular weight is 284 g/mol. The van der Waals surface area contributed by atoms with E-state index in [0.717, 1.165) is 6.07 Å². The Morgan fingerprint density at radius 2 is 2.00 bits per heavy atom. The summed E-state index contributed by atoms with van der Waals surface area (Å²) in [5, 5.41) is 10.4. The summed E-state index contributed by atoms with van der Waals surface area (Å²) in [6.07, 6.45) is 0. The summed E-state index contributed by atoms with van der Waals surface area (Å²) in [7, 11) is -5.07. The van der Waals surface area contributed by atoms with E-state index < -0.39 is 25.7 Å². The van der Waals surface area contributed by atoms with Crippen molar-refractivity contribution in [3.8, 4) is 0 Å². The summed E-state index contributed by atoms with van der Waals surface area (Å²) in [6.45, 7) is 0. The SMILES string of the molecule is O=[N+]([O-])c1c(Br)cccc1S(=O)(=O)F. The Morgan fingerprint density at radius 3 is 2.36 bits per heavy atom. The predicted molar refractivity (Wildman–Crippen MR) is 49.1 cm³/mol. The van der Waals surface area contributed by atoms with E-state index in [1.165, 1.54) is 12.1 Å². The van der Waals surface area contributed by atoms with Gasteiger partial charge in [-0.2, -0.15) is 8.42 Å². The fourth-order valence-electron chi connectivity index (χ4n) is 0.869. The van der Waals surface area contributed by atoms with Crippen LogP contribution < -0.4 is 0 Å². The van der Waals surface area contributed by atoms with Crippen LogP contribution in [0.25, 0.3) is 0 Å². The van der Waals surface area contributed by atoms with Crippen LogP contribution >= 0.6 is 15.9 Å². The molecule has 0 N–H and O–H groups in total. The third-order valence-corrected chi connectivity index (χ3v) is 2.89. The molecule has 0 aliphatic heterocycles. The number of para-hydroxylation sites is 1. The molecule has 76 valence electrons. The lowest BCUT2D eigenvalue weighted by Crippen LogP contribution is -2.00.